The minimum atomic E-state index is -3.71. The van der Waals surface area contributed by atoms with Gasteiger partial charge in [0.2, 0.25) is 0 Å². The molecule has 2 nitrogen and oxygen atoms in total. The summed E-state index contributed by atoms with van der Waals surface area (Å²) in [5, 5.41) is 1.47. The van der Waals surface area contributed by atoms with Crippen molar-refractivity contribution in [2.24, 2.45) is 0 Å². The van der Waals surface area contributed by atoms with E-state index in [-0.39, 0.29) is 10.1 Å². The quantitative estimate of drug-likeness (QED) is 0.759. The summed E-state index contributed by atoms with van der Waals surface area (Å²) in [7, 11) is 1.76. The highest BCUT2D eigenvalue weighted by atomic mass is 35.7. The van der Waals surface area contributed by atoms with Gasteiger partial charge in [0, 0.05) is 20.4 Å². The van der Waals surface area contributed by atoms with Crippen LogP contribution in [0.2, 0.25) is 5.02 Å². The Morgan fingerprint density at radius 2 is 1.94 bits per heavy atom. The Balaban J connectivity index is 2.91. The molecule has 0 atom stereocenters. The van der Waals surface area contributed by atoms with Crippen molar-refractivity contribution in [3.8, 4) is 0 Å². The summed E-state index contributed by atoms with van der Waals surface area (Å²) < 4.78 is 24.2. The zero-order valence-corrected chi connectivity index (χ0v) is 12.3. The Bertz CT molecular complexity index is 672. The number of halogens is 2. The van der Waals surface area contributed by atoms with Gasteiger partial charge in [0.25, 0.3) is 9.05 Å². The first kappa shape index (κ1) is 13.1. The molecule has 1 aromatic heterocycles. The Hall–Kier alpha value is -0.290. The van der Waals surface area contributed by atoms with Gasteiger partial charge < -0.3 is 0 Å². The fraction of sp³-hybridized carbons (Fsp3) is 0.273. The zero-order chi connectivity index (χ0) is 12.8. The zero-order valence-electron chi connectivity index (χ0n) is 9.20. The molecule has 0 spiro atoms. The van der Waals surface area contributed by atoms with E-state index in [0.717, 1.165) is 15.6 Å². The Kier molecular flexibility index (Phi) is 3.42. The maximum Gasteiger partial charge on any atom is 0.271 e. The van der Waals surface area contributed by atoms with E-state index in [1.807, 2.05) is 19.9 Å². The fourth-order valence-corrected chi connectivity index (χ4v) is 4.85. The van der Waals surface area contributed by atoms with Gasteiger partial charge in [-0.2, -0.15) is 0 Å². The van der Waals surface area contributed by atoms with E-state index in [4.69, 9.17) is 22.3 Å². The lowest BCUT2D eigenvalue weighted by Gasteiger charge is -2.05. The summed E-state index contributed by atoms with van der Waals surface area (Å²) in [6.45, 7) is 3.88. The third-order valence-electron chi connectivity index (χ3n) is 2.45. The molecule has 0 N–H and O–H groups in total. The lowest BCUT2D eigenvalue weighted by molar-refractivity contribution is 0.610. The van der Waals surface area contributed by atoms with Crippen molar-refractivity contribution >= 4 is 52.8 Å². The van der Waals surface area contributed by atoms with Crippen molar-refractivity contribution in [1.82, 2.24) is 0 Å². The van der Waals surface area contributed by atoms with E-state index in [9.17, 15) is 8.42 Å². The van der Waals surface area contributed by atoms with Gasteiger partial charge in [-0.3, -0.25) is 0 Å². The maximum absolute atomic E-state index is 11.6. The Morgan fingerprint density at radius 1 is 1.29 bits per heavy atom. The van der Waals surface area contributed by atoms with E-state index in [1.54, 1.807) is 12.1 Å². The molecule has 6 heteroatoms. The first-order valence-electron chi connectivity index (χ1n) is 4.97. The Labute approximate surface area is 114 Å². The van der Waals surface area contributed by atoms with E-state index in [2.05, 4.69) is 0 Å². The topological polar surface area (TPSA) is 34.1 Å². The number of fused-ring (bicyclic) bond motifs is 1. The third kappa shape index (κ3) is 2.45. The van der Waals surface area contributed by atoms with Gasteiger partial charge in [-0.05, 0) is 35.1 Å². The van der Waals surface area contributed by atoms with Crippen LogP contribution >= 0.6 is 33.6 Å². The number of rotatable bonds is 2. The van der Waals surface area contributed by atoms with Crippen LogP contribution in [0.5, 0.6) is 0 Å². The summed E-state index contributed by atoms with van der Waals surface area (Å²) in [6, 6.07) is 5.35. The SMILES string of the molecule is CC(C)c1c(S(=O)(=O)Cl)sc2ccc(Cl)cc12. The van der Waals surface area contributed by atoms with Crippen LogP contribution in [0, 0.1) is 0 Å². The van der Waals surface area contributed by atoms with Crippen molar-refractivity contribution in [1.29, 1.82) is 0 Å². The largest absolute Gasteiger partial charge is 0.271 e. The smallest absolute Gasteiger partial charge is 0.206 e. The summed E-state index contributed by atoms with van der Waals surface area (Å²) in [5.41, 5.74) is 0.752. The van der Waals surface area contributed by atoms with Crippen LogP contribution in [0.15, 0.2) is 22.4 Å². The van der Waals surface area contributed by atoms with Crippen LogP contribution in [-0.2, 0) is 9.05 Å². The molecule has 0 radical (unpaired) electrons. The summed E-state index contributed by atoms with van der Waals surface area (Å²) in [6.07, 6.45) is 0. The van der Waals surface area contributed by atoms with Gasteiger partial charge in [-0.1, -0.05) is 25.4 Å². The predicted molar refractivity (Wildman–Crippen MR) is 74.0 cm³/mol. The van der Waals surface area contributed by atoms with Gasteiger partial charge in [0.1, 0.15) is 4.21 Å². The number of thiophene rings is 1. The second-order valence-corrected chi connectivity index (χ2v) is 8.29. The molecular weight excluding hydrogens is 299 g/mol. The van der Waals surface area contributed by atoms with Crippen molar-refractivity contribution in [2.75, 3.05) is 0 Å². The van der Waals surface area contributed by atoms with Gasteiger partial charge in [-0.25, -0.2) is 8.42 Å². The number of hydrogen-bond acceptors (Lipinski definition) is 3. The highest BCUT2D eigenvalue weighted by molar-refractivity contribution is 8.15. The molecule has 1 aromatic carbocycles. The molecule has 0 aliphatic rings. The van der Waals surface area contributed by atoms with Gasteiger partial charge in [0.05, 0.1) is 0 Å². The Morgan fingerprint density at radius 3 is 2.47 bits per heavy atom. The molecule has 92 valence electrons. The molecule has 1 heterocycles. The molecule has 0 fully saturated rings. The molecular formula is C11H10Cl2O2S2. The van der Waals surface area contributed by atoms with Crippen LogP contribution in [0.1, 0.15) is 25.3 Å². The standard InChI is InChI=1S/C11H10Cl2O2S2/c1-6(2)10-8-5-7(12)3-4-9(8)16-11(10)17(13,14)15/h3-6H,1-2H3. The van der Waals surface area contributed by atoms with Gasteiger partial charge >= 0.3 is 0 Å². The lowest BCUT2D eigenvalue weighted by Crippen LogP contribution is -1.95. The van der Waals surface area contributed by atoms with E-state index < -0.39 is 9.05 Å². The maximum atomic E-state index is 11.6. The highest BCUT2D eigenvalue weighted by Gasteiger charge is 2.23. The fourth-order valence-electron chi connectivity index (χ4n) is 1.79. The minimum Gasteiger partial charge on any atom is -0.206 e. The summed E-state index contributed by atoms with van der Waals surface area (Å²) in [4.78, 5) is 0. The summed E-state index contributed by atoms with van der Waals surface area (Å²) in [5.74, 6) is 0.0748. The first-order chi connectivity index (χ1) is 7.80. The normalized spacial score (nSPS) is 12.5. The molecule has 0 saturated carbocycles. The van der Waals surface area contributed by atoms with Gasteiger partial charge in [0.15, 0.2) is 0 Å². The monoisotopic (exact) mass is 308 g/mol. The average molecular weight is 309 g/mol. The second kappa shape index (κ2) is 4.43. The van der Waals surface area contributed by atoms with Crippen LogP contribution in [0.4, 0.5) is 0 Å². The van der Waals surface area contributed by atoms with Crippen LogP contribution in [-0.4, -0.2) is 8.42 Å². The molecule has 0 saturated heterocycles. The van der Waals surface area contributed by atoms with Gasteiger partial charge in [-0.15, -0.1) is 11.3 Å². The molecule has 0 aliphatic carbocycles. The van der Waals surface area contributed by atoms with Crippen LogP contribution in [0.3, 0.4) is 0 Å². The van der Waals surface area contributed by atoms with Crippen molar-refractivity contribution < 1.29 is 8.42 Å². The molecule has 2 aromatic rings. The molecule has 2 rings (SSSR count). The highest BCUT2D eigenvalue weighted by Crippen LogP contribution is 2.41. The van der Waals surface area contributed by atoms with Crippen LogP contribution < -0.4 is 0 Å². The van der Waals surface area contributed by atoms with E-state index in [1.165, 1.54) is 11.3 Å². The lowest BCUT2D eigenvalue weighted by atomic mass is 10.0. The first-order valence-corrected chi connectivity index (χ1v) is 8.47. The van der Waals surface area contributed by atoms with Crippen molar-refractivity contribution in [2.45, 2.75) is 24.0 Å². The second-order valence-electron chi connectivity index (χ2n) is 4.04. The average Bonchev–Trinajstić information content (AvgIpc) is 2.55. The van der Waals surface area contributed by atoms with Crippen molar-refractivity contribution in [3.05, 3.63) is 28.8 Å². The molecule has 17 heavy (non-hydrogen) atoms. The summed E-state index contributed by atoms with van der Waals surface area (Å²) >= 11 is 7.13. The number of benzene rings is 1. The van der Waals surface area contributed by atoms with E-state index >= 15 is 0 Å². The third-order valence-corrected chi connectivity index (χ3v) is 5.98. The molecule has 0 amide bonds. The van der Waals surface area contributed by atoms with Crippen molar-refractivity contribution in [3.63, 3.8) is 0 Å². The molecule has 0 aliphatic heterocycles. The molecule has 0 unspecified atom stereocenters. The van der Waals surface area contributed by atoms with Crippen LogP contribution in [0.25, 0.3) is 10.1 Å². The molecule has 0 bridgehead atoms. The minimum absolute atomic E-state index is 0.0748. The number of hydrogen-bond donors (Lipinski definition) is 0. The predicted octanol–water partition coefficient (Wildman–Crippen LogP) is 4.61. The van der Waals surface area contributed by atoms with E-state index in [0.29, 0.717) is 5.02 Å².